The number of hydrogen-bond donors (Lipinski definition) is 1. The molecular weight excluding hydrogens is 293 g/mol. The third-order valence-electron chi connectivity index (χ3n) is 4.52. The fraction of sp³-hybridized carbons (Fsp3) is 0.588. The molecule has 5 nitrogen and oxygen atoms in total. The van der Waals surface area contributed by atoms with Crippen LogP contribution >= 0.6 is 0 Å². The van der Waals surface area contributed by atoms with Crippen molar-refractivity contribution in [2.45, 2.75) is 45.3 Å². The molecule has 1 heterocycles. The lowest BCUT2D eigenvalue weighted by Gasteiger charge is -2.32. The van der Waals surface area contributed by atoms with E-state index in [4.69, 9.17) is 14.0 Å². The molecule has 0 atom stereocenters. The van der Waals surface area contributed by atoms with Gasteiger partial charge in [0.1, 0.15) is 0 Å². The minimum absolute atomic E-state index is 0.119. The molecule has 1 aliphatic rings. The number of methoxy groups -OCH3 is 1. The van der Waals surface area contributed by atoms with Crippen LogP contribution in [0.15, 0.2) is 24.3 Å². The highest BCUT2D eigenvalue weighted by Crippen LogP contribution is 2.36. The van der Waals surface area contributed by atoms with Crippen LogP contribution in [0.25, 0.3) is 0 Å². The highest BCUT2D eigenvalue weighted by molar-refractivity contribution is 6.63. The summed E-state index contributed by atoms with van der Waals surface area (Å²) in [6, 6.07) is 7.42. The first-order valence-corrected chi connectivity index (χ1v) is 8.00. The largest absolute Gasteiger partial charge is 0.495 e. The van der Waals surface area contributed by atoms with Crippen LogP contribution in [-0.4, -0.2) is 44.5 Å². The van der Waals surface area contributed by atoms with E-state index < -0.39 is 18.3 Å². The molecule has 1 fully saturated rings. The van der Waals surface area contributed by atoms with Crippen LogP contribution in [0.3, 0.4) is 0 Å². The van der Waals surface area contributed by atoms with Gasteiger partial charge in [0, 0.05) is 25.8 Å². The highest BCUT2D eigenvalue weighted by Gasteiger charge is 2.52. The molecule has 1 aromatic rings. The van der Waals surface area contributed by atoms with Crippen molar-refractivity contribution in [2.24, 2.45) is 0 Å². The van der Waals surface area contributed by atoms with E-state index in [9.17, 15) is 4.79 Å². The summed E-state index contributed by atoms with van der Waals surface area (Å²) in [4.78, 5) is 12.4. The van der Waals surface area contributed by atoms with Crippen LogP contribution in [0.5, 0.6) is 0 Å². The summed E-state index contributed by atoms with van der Waals surface area (Å²) < 4.78 is 17.1. The number of nitrogens with one attached hydrogen (secondary N) is 1. The lowest BCUT2D eigenvalue weighted by atomic mass is 9.75. The van der Waals surface area contributed by atoms with Gasteiger partial charge in [-0.2, -0.15) is 0 Å². The first-order chi connectivity index (χ1) is 10.8. The van der Waals surface area contributed by atoms with E-state index in [0.717, 1.165) is 11.9 Å². The van der Waals surface area contributed by atoms with E-state index in [1.54, 1.807) is 13.2 Å². The lowest BCUT2D eigenvalue weighted by Crippen LogP contribution is -2.41. The zero-order valence-corrected chi connectivity index (χ0v) is 14.6. The second kappa shape index (κ2) is 7.03. The Labute approximate surface area is 138 Å². The summed E-state index contributed by atoms with van der Waals surface area (Å²) in [5.41, 5.74) is 0.484. The molecule has 1 N–H and O–H groups in total. The van der Waals surface area contributed by atoms with Gasteiger partial charge >= 0.3 is 7.12 Å². The maximum absolute atomic E-state index is 12.4. The second-order valence-electron chi connectivity index (χ2n) is 6.78. The van der Waals surface area contributed by atoms with Crippen LogP contribution in [0.1, 0.15) is 44.5 Å². The molecule has 2 rings (SSSR count). The highest BCUT2D eigenvalue weighted by atomic mass is 16.7. The predicted octanol–water partition coefficient (Wildman–Crippen LogP) is 1.75. The first-order valence-electron chi connectivity index (χ1n) is 8.00. The third-order valence-corrected chi connectivity index (χ3v) is 4.52. The Morgan fingerprint density at radius 2 is 1.78 bits per heavy atom. The molecule has 0 spiro atoms. The number of rotatable bonds is 6. The average Bonchev–Trinajstić information content (AvgIpc) is 2.72. The van der Waals surface area contributed by atoms with Crippen molar-refractivity contribution in [1.82, 2.24) is 5.32 Å². The molecule has 0 aromatic heterocycles. The summed E-state index contributed by atoms with van der Waals surface area (Å²) in [6.07, 6.45) is 0.779. The van der Waals surface area contributed by atoms with Crippen molar-refractivity contribution < 1.29 is 18.8 Å². The Hall–Kier alpha value is -1.37. The van der Waals surface area contributed by atoms with Crippen LogP contribution < -0.4 is 10.8 Å². The van der Waals surface area contributed by atoms with Gasteiger partial charge in [-0.3, -0.25) is 4.79 Å². The summed E-state index contributed by atoms with van der Waals surface area (Å²) >= 11 is 0. The molecule has 1 saturated heterocycles. The van der Waals surface area contributed by atoms with E-state index in [1.165, 1.54) is 0 Å². The van der Waals surface area contributed by atoms with Crippen molar-refractivity contribution in [3.05, 3.63) is 29.8 Å². The molecule has 0 radical (unpaired) electrons. The Balaban J connectivity index is 2.14. The Morgan fingerprint density at radius 1 is 1.17 bits per heavy atom. The Kier molecular flexibility index (Phi) is 5.50. The molecule has 1 aromatic carbocycles. The van der Waals surface area contributed by atoms with Gasteiger partial charge in [0.25, 0.3) is 5.91 Å². The summed E-state index contributed by atoms with van der Waals surface area (Å²) in [5, 5.41) is 2.91. The number of carbonyl (C=O) groups is 1. The van der Waals surface area contributed by atoms with E-state index in [1.807, 2.05) is 45.9 Å². The smallest absolute Gasteiger partial charge is 0.399 e. The molecule has 6 heteroatoms. The summed E-state index contributed by atoms with van der Waals surface area (Å²) in [6.45, 7) is 9.20. The van der Waals surface area contributed by atoms with Gasteiger partial charge in [0.15, 0.2) is 0 Å². The van der Waals surface area contributed by atoms with Gasteiger partial charge in [0.05, 0.1) is 11.2 Å². The van der Waals surface area contributed by atoms with Crippen molar-refractivity contribution in [3.8, 4) is 0 Å². The number of hydrogen-bond acceptors (Lipinski definition) is 4. The molecule has 0 bridgehead atoms. The maximum Gasteiger partial charge on any atom is 0.495 e. The van der Waals surface area contributed by atoms with Gasteiger partial charge in [0.2, 0.25) is 0 Å². The first kappa shape index (κ1) is 18.0. The molecule has 0 unspecified atom stereocenters. The monoisotopic (exact) mass is 319 g/mol. The van der Waals surface area contributed by atoms with Crippen LogP contribution in [0.4, 0.5) is 0 Å². The van der Waals surface area contributed by atoms with Crippen molar-refractivity contribution in [2.75, 3.05) is 20.3 Å². The van der Waals surface area contributed by atoms with Gasteiger partial charge in [-0.15, -0.1) is 0 Å². The molecule has 1 aliphatic heterocycles. The number of carbonyl (C=O) groups excluding carboxylic acids is 1. The van der Waals surface area contributed by atoms with Crippen molar-refractivity contribution >= 4 is 18.5 Å². The fourth-order valence-corrected chi connectivity index (χ4v) is 2.39. The molecule has 126 valence electrons. The van der Waals surface area contributed by atoms with E-state index in [2.05, 4.69) is 5.32 Å². The normalized spacial score (nSPS) is 18.9. The minimum atomic E-state index is -0.541. The standard InChI is InChI=1S/C17H26BNO4/c1-16(2)17(3,4)23-18(22-16)14-10-7-6-9-13(14)15(20)19-11-8-12-21-5/h6-7,9-10H,8,11-12H2,1-5H3,(H,19,20). The van der Waals surface area contributed by atoms with Crippen LogP contribution in [0.2, 0.25) is 0 Å². The van der Waals surface area contributed by atoms with Gasteiger partial charge in [-0.25, -0.2) is 0 Å². The van der Waals surface area contributed by atoms with E-state index in [-0.39, 0.29) is 5.91 Å². The van der Waals surface area contributed by atoms with Gasteiger partial charge < -0.3 is 19.4 Å². The van der Waals surface area contributed by atoms with Crippen molar-refractivity contribution in [3.63, 3.8) is 0 Å². The van der Waals surface area contributed by atoms with Crippen molar-refractivity contribution in [1.29, 1.82) is 0 Å². The summed E-state index contributed by atoms with van der Waals surface area (Å²) in [7, 11) is 1.11. The van der Waals surface area contributed by atoms with Gasteiger partial charge in [-0.05, 0) is 45.6 Å². The maximum atomic E-state index is 12.4. The van der Waals surface area contributed by atoms with E-state index >= 15 is 0 Å². The summed E-state index contributed by atoms with van der Waals surface area (Å²) in [5.74, 6) is -0.119. The van der Waals surface area contributed by atoms with Crippen LogP contribution in [-0.2, 0) is 14.0 Å². The zero-order chi connectivity index (χ0) is 17.1. The molecular formula is C17H26BNO4. The molecule has 0 saturated carbocycles. The molecule has 1 amide bonds. The Morgan fingerprint density at radius 3 is 2.39 bits per heavy atom. The zero-order valence-electron chi connectivity index (χ0n) is 14.6. The molecule has 23 heavy (non-hydrogen) atoms. The predicted molar refractivity (Wildman–Crippen MR) is 91.0 cm³/mol. The van der Waals surface area contributed by atoms with E-state index in [0.29, 0.717) is 18.7 Å². The molecule has 0 aliphatic carbocycles. The number of amides is 1. The number of benzene rings is 1. The SMILES string of the molecule is COCCCNC(=O)c1ccccc1B1OC(C)(C)C(C)(C)O1. The van der Waals surface area contributed by atoms with Gasteiger partial charge in [-0.1, -0.05) is 18.2 Å². The fourth-order valence-electron chi connectivity index (χ4n) is 2.39. The second-order valence-corrected chi connectivity index (χ2v) is 6.78. The topological polar surface area (TPSA) is 56.8 Å². The third kappa shape index (κ3) is 3.94. The number of ether oxygens (including phenoxy) is 1. The lowest BCUT2D eigenvalue weighted by molar-refractivity contribution is 0.00578. The minimum Gasteiger partial charge on any atom is -0.399 e. The Bertz CT molecular complexity index is 543. The average molecular weight is 319 g/mol. The van der Waals surface area contributed by atoms with Crippen LogP contribution in [0, 0.1) is 0 Å². The quantitative estimate of drug-likeness (QED) is 0.641.